The first kappa shape index (κ1) is 13.6. The maximum Gasteiger partial charge on any atom is 0.129 e. The molecule has 0 spiro atoms. The largest absolute Gasteiger partial charge is 0.393 e. The standard InChI is InChI=1S/C12H15FN2O2/c1-12(17,8-16)7-15-6-10-3-2-9(5-14)4-11(10)13/h2-4,15-17H,6-8H2,1H3. The number of halogens is 1. The molecular weight excluding hydrogens is 223 g/mol. The molecule has 0 aliphatic heterocycles. The third-order valence-corrected chi connectivity index (χ3v) is 2.34. The van der Waals surface area contributed by atoms with E-state index in [1.54, 1.807) is 0 Å². The molecule has 0 saturated carbocycles. The van der Waals surface area contributed by atoms with Crippen molar-refractivity contribution in [2.75, 3.05) is 13.2 Å². The number of aliphatic hydroxyl groups is 2. The predicted octanol–water partition coefficient (Wildman–Crippen LogP) is 0.530. The summed E-state index contributed by atoms with van der Waals surface area (Å²) in [5.41, 5.74) is -0.533. The number of aliphatic hydroxyl groups excluding tert-OH is 1. The van der Waals surface area contributed by atoms with Gasteiger partial charge in [0, 0.05) is 18.7 Å². The van der Waals surface area contributed by atoms with Crippen LogP contribution in [0.5, 0.6) is 0 Å². The van der Waals surface area contributed by atoms with Crippen LogP contribution in [0.15, 0.2) is 18.2 Å². The van der Waals surface area contributed by atoms with E-state index in [9.17, 15) is 9.50 Å². The molecule has 0 aliphatic carbocycles. The molecule has 17 heavy (non-hydrogen) atoms. The van der Waals surface area contributed by atoms with E-state index < -0.39 is 11.4 Å². The molecule has 1 atom stereocenters. The molecule has 1 aromatic carbocycles. The smallest absolute Gasteiger partial charge is 0.129 e. The predicted molar refractivity (Wildman–Crippen MR) is 60.5 cm³/mol. The van der Waals surface area contributed by atoms with Crippen LogP contribution in [0.4, 0.5) is 4.39 Å². The molecule has 1 rings (SSSR count). The second-order valence-corrected chi connectivity index (χ2v) is 4.18. The van der Waals surface area contributed by atoms with E-state index in [-0.39, 0.29) is 25.3 Å². The first-order valence-corrected chi connectivity index (χ1v) is 5.21. The monoisotopic (exact) mass is 238 g/mol. The van der Waals surface area contributed by atoms with E-state index in [2.05, 4.69) is 5.32 Å². The highest BCUT2D eigenvalue weighted by Gasteiger charge is 2.18. The molecule has 0 radical (unpaired) electrons. The molecule has 0 aliphatic rings. The van der Waals surface area contributed by atoms with Gasteiger partial charge in [-0.15, -0.1) is 0 Å². The zero-order valence-corrected chi connectivity index (χ0v) is 9.57. The number of hydrogen-bond donors (Lipinski definition) is 3. The number of nitriles is 1. The van der Waals surface area contributed by atoms with Crippen LogP contribution >= 0.6 is 0 Å². The highest BCUT2D eigenvalue weighted by molar-refractivity contribution is 5.32. The van der Waals surface area contributed by atoms with Crippen LogP contribution in [-0.2, 0) is 6.54 Å². The van der Waals surface area contributed by atoms with Gasteiger partial charge in [0.1, 0.15) is 5.82 Å². The van der Waals surface area contributed by atoms with Crippen molar-refractivity contribution in [3.8, 4) is 6.07 Å². The van der Waals surface area contributed by atoms with E-state index in [1.807, 2.05) is 6.07 Å². The van der Waals surface area contributed by atoms with Crippen LogP contribution < -0.4 is 5.32 Å². The lowest BCUT2D eigenvalue weighted by Crippen LogP contribution is -2.40. The Bertz CT molecular complexity index is 427. The summed E-state index contributed by atoms with van der Waals surface area (Å²) in [6.07, 6.45) is 0. The second kappa shape index (κ2) is 5.73. The summed E-state index contributed by atoms with van der Waals surface area (Å²) in [6.45, 7) is 1.50. The fraction of sp³-hybridized carbons (Fsp3) is 0.417. The van der Waals surface area contributed by atoms with Crippen LogP contribution in [0.3, 0.4) is 0 Å². The van der Waals surface area contributed by atoms with Crippen LogP contribution in [0.1, 0.15) is 18.1 Å². The highest BCUT2D eigenvalue weighted by atomic mass is 19.1. The lowest BCUT2D eigenvalue weighted by Gasteiger charge is -2.20. The molecule has 5 heteroatoms. The Labute approximate surface area is 99.3 Å². The van der Waals surface area contributed by atoms with E-state index in [4.69, 9.17) is 10.4 Å². The van der Waals surface area contributed by atoms with Crippen molar-refractivity contribution < 1.29 is 14.6 Å². The summed E-state index contributed by atoms with van der Waals surface area (Å²) in [5.74, 6) is -0.458. The van der Waals surface area contributed by atoms with Crippen LogP contribution in [-0.4, -0.2) is 29.0 Å². The lowest BCUT2D eigenvalue weighted by atomic mass is 10.1. The summed E-state index contributed by atoms with van der Waals surface area (Å²) < 4.78 is 13.4. The van der Waals surface area contributed by atoms with Crippen molar-refractivity contribution in [3.63, 3.8) is 0 Å². The molecule has 3 N–H and O–H groups in total. The van der Waals surface area contributed by atoms with E-state index in [1.165, 1.54) is 25.1 Å². The Balaban J connectivity index is 2.56. The van der Waals surface area contributed by atoms with Crippen LogP contribution in [0.2, 0.25) is 0 Å². The highest BCUT2D eigenvalue weighted by Crippen LogP contribution is 2.10. The summed E-state index contributed by atoms with van der Waals surface area (Å²) in [7, 11) is 0. The molecule has 92 valence electrons. The number of nitrogens with one attached hydrogen (secondary N) is 1. The van der Waals surface area contributed by atoms with Gasteiger partial charge >= 0.3 is 0 Å². The van der Waals surface area contributed by atoms with E-state index in [0.29, 0.717) is 5.56 Å². The van der Waals surface area contributed by atoms with Crippen molar-refractivity contribution in [2.45, 2.75) is 19.1 Å². The fourth-order valence-corrected chi connectivity index (χ4v) is 1.28. The molecular formula is C12H15FN2O2. The first-order chi connectivity index (χ1) is 7.98. The molecule has 0 heterocycles. The first-order valence-electron chi connectivity index (χ1n) is 5.21. The van der Waals surface area contributed by atoms with Gasteiger partial charge in [-0.2, -0.15) is 5.26 Å². The van der Waals surface area contributed by atoms with Gasteiger partial charge in [0.05, 0.1) is 23.8 Å². The second-order valence-electron chi connectivity index (χ2n) is 4.18. The van der Waals surface area contributed by atoms with Gasteiger partial charge in [0.25, 0.3) is 0 Å². The Morgan fingerprint density at radius 2 is 2.24 bits per heavy atom. The van der Waals surface area contributed by atoms with Crippen LogP contribution in [0.25, 0.3) is 0 Å². The quantitative estimate of drug-likeness (QED) is 0.699. The Kier molecular flexibility index (Phi) is 4.58. The van der Waals surface area contributed by atoms with E-state index in [0.717, 1.165) is 0 Å². The maximum atomic E-state index is 13.4. The topological polar surface area (TPSA) is 76.3 Å². The molecule has 0 saturated heterocycles. The zero-order chi connectivity index (χ0) is 12.9. The summed E-state index contributed by atoms with van der Waals surface area (Å²) in [6, 6.07) is 6.07. The van der Waals surface area contributed by atoms with Gasteiger partial charge in [-0.1, -0.05) is 6.07 Å². The van der Waals surface area contributed by atoms with Crippen molar-refractivity contribution in [1.29, 1.82) is 5.26 Å². The minimum absolute atomic E-state index is 0.156. The van der Waals surface area contributed by atoms with Gasteiger partial charge in [0.15, 0.2) is 0 Å². The minimum Gasteiger partial charge on any atom is -0.393 e. The zero-order valence-electron chi connectivity index (χ0n) is 9.57. The van der Waals surface area contributed by atoms with Crippen LogP contribution in [0, 0.1) is 17.1 Å². The maximum absolute atomic E-state index is 13.4. The number of nitrogens with zero attached hydrogens (tertiary/aromatic N) is 1. The molecule has 1 unspecified atom stereocenters. The third kappa shape index (κ3) is 4.11. The Morgan fingerprint density at radius 1 is 1.53 bits per heavy atom. The van der Waals surface area contributed by atoms with Crippen molar-refractivity contribution in [1.82, 2.24) is 5.32 Å². The Morgan fingerprint density at radius 3 is 2.76 bits per heavy atom. The van der Waals surface area contributed by atoms with Crippen molar-refractivity contribution in [3.05, 3.63) is 35.1 Å². The van der Waals surface area contributed by atoms with Crippen molar-refractivity contribution >= 4 is 0 Å². The molecule has 0 amide bonds. The van der Waals surface area contributed by atoms with Crippen molar-refractivity contribution in [2.24, 2.45) is 0 Å². The number of rotatable bonds is 5. The fourth-order valence-electron chi connectivity index (χ4n) is 1.28. The number of benzene rings is 1. The number of hydrogen-bond acceptors (Lipinski definition) is 4. The summed E-state index contributed by atoms with van der Waals surface area (Å²) in [5, 5.41) is 29.7. The molecule has 4 nitrogen and oxygen atoms in total. The third-order valence-electron chi connectivity index (χ3n) is 2.34. The average Bonchev–Trinajstić information content (AvgIpc) is 2.31. The average molecular weight is 238 g/mol. The SMILES string of the molecule is CC(O)(CO)CNCc1ccc(C#N)cc1F. The summed E-state index contributed by atoms with van der Waals surface area (Å²) in [4.78, 5) is 0. The lowest BCUT2D eigenvalue weighted by molar-refractivity contribution is 0.00249. The van der Waals surface area contributed by atoms with Gasteiger partial charge in [0.2, 0.25) is 0 Å². The van der Waals surface area contributed by atoms with Gasteiger partial charge in [-0.05, 0) is 19.1 Å². The summed E-state index contributed by atoms with van der Waals surface area (Å²) >= 11 is 0. The minimum atomic E-state index is -1.22. The van der Waals surface area contributed by atoms with Gasteiger partial charge in [-0.3, -0.25) is 0 Å². The van der Waals surface area contributed by atoms with Gasteiger partial charge < -0.3 is 15.5 Å². The molecule has 0 aromatic heterocycles. The van der Waals surface area contributed by atoms with Gasteiger partial charge in [-0.25, -0.2) is 4.39 Å². The molecule has 0 fully saturated rings. The molecule has 0 bridgehead atoms. The normalized spacial score (nSPS) is 14.1. The van der Waals surface area contributed by atoms with E-state index >= 15 is 0 Å². The molecule has 1 aromatic rings. The Hall–Kier alpha value is -1.48.